The van der Waals surface area contributed by atoms with Gasteiger partial charge in [-0.25, -0.2) is 23.5 Å². The number of hydrogen-bond donors (Lipinski definition) is 2. The number of aromatic carboxylic acids is 1. The first-order valence-electron chi connectivity index (χ1n) is 12.3. The highest BCUT2D eigenvalue weighted by Gasteiger charge is 2.38. The third-order valence-corrected chi connectivity index (χ3v) is 6.42. The highest BCUT2D eigenvalue weighted by atomic mass is 19.1. The Morgan fingerprint density at radius 3 is 2.82 bits per heavy atom. The van der Waals surface area contributed by atoms with Gasteiger partial charge >= 0.3 is 12.1 Å². The summed E-state index contributed by atoms with van der Waals surface area (Å²) < 4.78 is 33.6. The molecular formula is C26H30FN5O6. The van der Waals surface area contributed by atoms with Crippen molar-refractivity contribution in [3.63, 3.8) is 0 Å². The van der Waals surface area contributed by atoms with Crippen molar-refractivity contribution in [3.8, 4) is 11.5 Å². The number of aromatic nitrogens is 3. The average Bonchev–Trinajstić information content (AvgIpc) is 3.38. The van der Waals surface area contributed by atoms with Gasteiger partial charge in [0, 0.05) is 24.1 Å². The summed E-state index contributed by atoms with van der Waals surface area (Å²) in [4.78, 5) is 30.3. The Morgan fingerprint density at radius 1 is 1.34 bits per heavy atom. The Kier molecular flexibility index (Phi) is 6.07. The van der Waals surface area contributed by atoms with Gasteiger partial charge in [0.2, 0.25) is 0 Å². The molecule has 0 bridgehead atoms. The Bertz CT molecular complexity index is 1430. The van der Waals surface area contributed by atoms with E-state index in [9.17, 15) is 19.1 Å². The molecule has 2 aromatic heterocycles. The van der Waals surface area contributed by atoms with E-state index < -0.39 is 29.1 Å². The van der Waals surface area contributed by atoms with Crippen molar-refractivity contribution in [2.45, 2.75) is 64.8 Å². The molecule has 0 saturated carbocycles. The number of rotatable bonds is 5. The maximum absolute atomic E-state index is 14.7. The smallest absolute Gasteiger partial charge is 0.407 e. The second-order valence-electron chi connectivity index (χ2n) is 11.0. The number of alkyl carbamates (subject to hydrolysis) is 1. The summed E-state index contributed by atoms with van der Waals surface area (Å²) in [6.07, 6.45) is 2.67. The third-order valence-electron chi connectivity index (χ3n) is 6.42. The number of carboxylic acids is 1. The Balaban J connectivity index is 1.43. The number of nitrogens with zero attached hydrogens (tertiary/aromatic N) is 4. The average molecular weight is 528 g/mol. The fourth-order valence-electron chi connectivity index (χ4n) is 4.72. The van der Waals surface area contributed by atoms with Crippen molar-refractivity contribution in [2.24, 2.45) is 0 Å². The van der Waals surface area contributed by atoms with Crippen LogP contribution in [0.5, 0.6) is 11.5 Å². The monoisotopic (exact) mass is 527 g/mol. The van der Waals surface area contributed by atoms with E-state index in [1.165, 1.54) is 22.8 Å². The van der Waals surface area contributed by atoms with Crippen LogP contribution in [0.1, 0.15) is 56.1 Å². The van der Waals surface area contributed by atoms with Gasteiger partial charge in [-0.1, -0.05) is 0 Å². The number of fused-ring (bicyclic) bond motifs is 3. The Labute approximate surface area is 218 Å². The van der Waals surface area contributed by atoms with E-state index in [0.29, 0.717) is 41.5 Å². The molecule has 2 N–H and O–H groups in total. The number of nitrogens with one attached hydrogen (secondary N) is 1. The molecule has 2 aliphatic heterocycles. The van der Waals surface area contributed by atoms with Gasteiger partial charge in [-0.3, -0.25) is 0 Å². The summed E-state index contributed by atoms with van der Waals surface area (Å²) in [5.74, 6) is -0.114. The van der Waals surface area contributed by atoms with Crippen LogP contribution in [-0.2, 0) is 17.7 Å². The number of halogens is 1. The summed E-state index contributed by atoms with van der Waals surface area (Å²) in [7, 11) is 0. The van der Waals surface area contributed by atoms with Crippen LogP contribution in [0, 0.1) is 5.82 Å². The normalized spacial score (nSPS) is 20.4. The quantitative estimate of drug-likeness (QED) is 0.512. The molecule has 1 amide bonds. The second-order valence-corrected chi connectivity index (χ2v) is 11.0. The molecule has 4 heterocycles. The molecule has 0 saturated heterocycles. The number of carbonyl (C=O) groups excluding carboxylic acids is 1. The molecule has 5 rings (SSSR count). The predicted octanol–water partition coefficient (Wildman–Crippen LogP) is 3.57. The van der Waals surface area contributed by atoms with Gasteiger partial charge in [0.25, 0.3) is 0 Å². The fourth-order valence-corrected chi connectivity index (χ4v) is 4.72. The van der Waals surface area contributed by atoms with Crippen LogP contribution in [0.25, 0.3) is 5.65 Å². The van der Waals surface area contributed by atoms with Crippen LogP contribution in [0.3, 0.4) is 0 Å². The van der Waals surface area contributed by atoms with Crippen molar-refractivity contribution >= 4 is 23.5 Å². The lowest BCUT2D eigenvalue weighted by atomic mass is 9.98. The standard InChI is InChI=1S/C26H30FN5O6/c1-14-12-36-19-11-32-21(18(9-29-32)23(33)34)30-22(19)31(14)10-16-7-17(27)6-15-8-26(5,37-20(15)16)13-28-24(35)38-25(2,3)4/h6-7,9,11,14H,8,10,12-13H2,1-5H3,(H,28,35)(H,33,34)/t14-,26?/m1/s1. The summed E-state index contributed by atoms with van der Waals surface area (Å²) in [5.41, 5.74) is 0.0218. The van der Waals surface area contributed by atoms with E-state index in [0.717, 1.165) is 0 Å². The topological polar surface area (TPSA) is 128 Å². The van der Waals surface area contributed by atoms with Gasteiger partial charge in [-0.05, 0) is 46.8 Å². The minimum Gasteiger partial charge on any atom is -0.486 e. The highest BCUT2D eigenvalue weighted by Crippen LogP contribution is 2.41. The van der Waals surface area contributed by atoms with Gasteiger partial charge in [0.05, 0.1) is 25.0 Å². The molecule has 0 aliphatic carbocycles. The van der Waals surface area contributed by atoms with Gasteiger partial charge < -0.3 is 29.5 Å². The zero-order chi connectivity index (χ0) is 27.4. The largest absolute Gasteiger partial charge is 0.486 e. The first-order valence-corrected chi connectivity index (χ1v) is 12.3. The number of amides is 1. The van der Waals surface area contributed by atoms with E-state index >= 15 is 0 Å². The second kappa shape index (κ2) is 9.03. The minimum atomic E-state index is -1.14. The van der Waals surface area contributed by atoms with Crippen LogP contribution in [-0.4, -0.2) is 62.2 Å². The number of ether oxygens (including phenoxy) is 3. The van der Waals surface area contributed by atoms with E-state index in [1.54, 1.807) is 27.0 Å². The van der Waals surface area contributed by atoms with E-state index in [1.807, 2.05) is 18.7 Å². The Hall–Kier alpha value is -4.09. The molecule has 2 atom stereocenters. The lowest BCUT2D eigenvalue weighted by molar-refractivity contribution is 0.0447. The van der Waals surface area contributed by atoms with Crippen molar-refractivity contribution in [3.05, 3.63) is 47.0 Å². The first-order chi connectivity index (χ1) is 17.8. The highest BCUT2D eigenvalue weighted by molar-refractivity contribution is 5.94. The van der Waals surface area contributed by atoms with Crippen LogP contribution in [0.2, 0.25) is 0 Å². The van der Waals surface area contributed by atoms with Crippen molar-refractivity contribution in [1.82, 2.24) is 19.9 Å². The number of hydrogen-bond acceptors (Lipinski definition) is 8. The summed E-state index contributed by atoms with van der Waals surface area (Å²) in [5, 5.41) is 16.3. The number of carbonyl (C=O) groups is 2. The molecule has 1 unspecified atom stereocenters. The number of benzene rings is 1. The molecule has 3 aromatic rings. The summed E-state index contributed by atoms with van der Waals surface area (Å²) in [6, 6.07) is 2.73. The molecular weight excluding hydrogens is 497 g/mol. The van der Waals surface area contributed by atoms with Crippen molar-refractivity contribution in [1.29, 1.82) is 0 Å². The van der Waals surface area contributed by atoms with Crippen molar-refractivity contribution < 1.29 is 33.3 Å². The summed E-state index contributed by atoms with van der Waals surface area (Å²) >= 11 is 0. The number of anilines is 1. The van der Waals surface area contributed by atoms with Gasteiger partial charge in [-0.15, -0.1) is 0 Å². The maximum atomic E-state index is 14.7. The van der Waals surface area contributed by atoms with Crippen LogP contribution in [0.4, 0.5) is 15.0 Å². The van der Waals surface area contributed by atoms with Gasteiger partial charge in [-0.2, -0.15) is 5.10 Å². The third kappa shape index (κ3) is 4.90. The fraction of sp³-hybridized carbons (Fsp3) is 0.462. The van der Waals surface area contributed by atoms with Crippen LogP contribution >= 0.6 is 0 Å². The molecule has 38 heavy (non-hydrogen) atoms. The van der Waals surface area contributed by atoms with E-state index in [4.69, 9.17) is 14.2 Å². The molecule has 202 valence electrons. The zero-order valence-electron chi connectivity index (χ0n) is 21.9. The van der Waals surface area contributed by atoms with Gasteiger partial charge in [0.15, 0.2) is 17.2 Å². The van der Waals surface area contributed by atoms with E-state index in [-0.39, 0.29) is 30.3 Å². The Morgan fingerprint density at radius 2 is 2.11 bits per heavy atom. The summed E-state index contributed by atoms with van der Waals surface area (Å²) in [6.45, 7) is 9.91. The molecule has 0 radical (unpaired) electrons. The molecule has 0 fully saturated rings. The predicted molar refractivity (Wildman–Crippen MR) is 134 cm³/mol. The van der Waals surface area contributed by atoms with Crippen molar-refractivity contribution in [2.75, 3.05) is 18.1 Å². The first kappa shape index (κ1) is 25.6. The van der Waals surface area contributed by atoms with E-state index in [2.05, 4.69) is 15.4 Å². The zero-order valence-corrected chi connectivity index (χ0v) is 21.9. The molecule has 12 heteroatoms. The minimum absolute atomic E-state index is 0.0331. The lowest BCUT2D eigenvalue weighted by Gasteiger charge is -2.36. The molecule has 2 aliphatic rings. The SMILES string of the molecule is C[C@@H]1COc2cn3ncc(C(=O)O)c3nc2N1Cc1cc(F)cc2c1OC(C)(CNC(=O)OC(C)(C)C)C2. The van der Waals surface area contributed by atoms with Gasteiger partial charge in [0.1, 0.15) is 34.9 Å². The lowest BCUT2D eigenvalue weighted by Crippen LogP contribution is -2.45. The molecule has 1 aromatic carbocycles. The van der Waals surface area contributed by atoms with Crippen LogP contribution < -0.4 is 19.7 Å². The maximum Gasteiger partial charge on any atom is 0.407 e. The molecule has 0 spiro atoms. The number of carboxylic acid groups (broad SMARTS) is 1. The van der Waals surface area contributed by atoms with Crippen LogP contribution in [0.15, 0.2) is 24.5 Å². The molecule has 11 nitrogen and oxygen atoms in total.